The molecule has 22 heavy (non-hydrogen) atoms. The number of thiazole rings is 1. The molecule has 0 saturated carbocycles. The fourth-order valence-electron chi connectivity index (χ4n) is 2.45. The number of anilines is 1. The van der Waals surface area contributed by atoms with Crippen molar-refractivity contribution in [3.63, 3.8) is 0 Å². The number of ether oxygens (including phenoxy) is 1. The van der Waals surface area contributed by atoms with Crippen LogP contribution in [0.15, 0.2) is 30.3 Å². The van der Waals surface area contributed by atoms with Crippen LogP contribution in [0.2, 0.25) is 0 Å². The first-order valence-corrected chi connectivity index (χ1v) is 8.17. The zero-order chi connectivity index (χ0) is 15.4. The Kier molecular flexibility index (Phi) is 4.82. The topological polar surface area (TPSA) is 54.5 Å². The molecule has 2 aromatic rings. The number of rotatable bonds is 4. The minimum absolute atomic E-state index is 0.0914. The van der Waals surface area contributed by atoms with Crippen molar-refractivity contribution in [2.24, 2.45) is 0 Å². The first-order chi connectivity index (χ1) is 10.7. The predicted octanol–water partition coefficient (Wildman–Crippen LogP) is 2.60. The number of carbonyl (C=O) groups is 1. The molecule has 6 heteroatoms. The largest absolute Gasteiger partial charge is 0.379 e. The van der Waals surface area contributed by atoms with Crippen LogP contribution in [0.1, 0.15) is 11.8 Å². The van der Waals surface area contributed by atoms with Crippen molar-refractivity contribution in [1.29, 1.82) is 0 Å². The van der Waals surface area contributed by atoms with E-state index in [1.165, 1.54) is 11.8 Å². The van der Waals surface area contributed by atoms with Crippen LogP contribution in [0, 0.1) is 0 Å². The van der Waals surface area contributed by atoms with E-state index in [0.29, 0.717) is 5.13 Å². The number of carbonyl (C=O) groups excluding carboxylic acids is 1. The van der Waals surface area contributed by atoms with Crippen molar-refractivity contribution < 1.29 is 9.53 Å². The Morgan fingerprint density at radius 2 is 2.05 bits per heavy atom. The Morgan fingerprint density at radius 1 is 1.32 bits per heavy atom. The van der Waals surface area contributed by atoms with E-state index in [2.05, 4.69) is 27.3 Å². The summed E-state index contributed by atoms with van der Waals surface area (Å²) < 4.78 is 5.40. The third-order valence-electron chi connectivity index (χ3n) is 3.50. The molecule has 5 nitrogen and oxygen atoms in total. The van der Waals surface area contributed by atoms with Crippen LogP contribution in [0.4, 0.5) is 5.13 Å². The number of nitrogens with zero attached hydrogens (tertiary/aromatic N) is 2. The Balaban J connectivity index is 1.88. The highest BCUT2D eigenvalue weighted by Crippen LogP contribution is 2.32. The van der Waals surface area contributed by atoms with Crippen molar-refractivity contribution in [2.75, 3.05) is 31.6 Å². The highest BCUT2D eigenvalue weighted by molar-refractivity contribution is 7.16. The maximum absolute atomic E-state index is 11.3. The minimum Gasteiger partial charge on any atom is -0.379 e. The fraction of sp³-hybridized carbons (Fsp3) is 0.375. The van der Waals surface area contributed by atoms with Gasteiger partial charge in [-0.2, -0.15) is 0 Å². The Hall–Kier alpha value is -1.76. The van der Waals surface area contributed by atoms with Gasteiger partial charge in [0.2, 0.25) is 5.91 Å². The average molecular weight is 317 g/mol. The van der Waals surface area contributed by atoms with E-state index >= 15 is 0 Å². The molecule has 1 aliphatic heterocycles. The van der Waals surface area contributed by atoms with Crippen LogP contribution in [0.25, 0.3) is 11.3 Å². The van der Waals surface area contributed by atoms with Crippen molar-refractivity contribution in [2.45, 2.75) is 13.5 Å². The second-order valence-electron chi connectivity index (χ2n) is 5.23. The van der Waals surface area contributed by atoms with Gasteiger partial charge < -0.3 is 10.1 Å². The predicted molar refractivity (Wildman–Crippen MR) is 87.9 cm³/mol. The molecule has 0 aliphatic carbocycles. The van der Waals surface area contributed by atoms with Crippen molar-refractivity contribution in [3.05, 3.63) is 35.2 Å². The monoisotopic (exact) mass is 317 g/mol. The molecule has 1 aliphatic rings. The number of hydrogen-bond acceptors (Lipinski definition) is 5. The van der Waals surface area contributed by atoms with Gasteiger partial charge in [-0.3, -0.25) is 9.69 Å². The summed E-state index contributed by atoms with van der Waals surface area (Å²) in [6.07, 6.45) is 0. The summed E-state index contributed by atoms with van der Waals surface area (Å²) in [5.74, 6) is -0.0914. The molecule has 3 rings (SSSR count). The molecule has 1 aromatic heterocycles. The molecule has 116 valence electrons. The number of amides is 1. The number of nitrogens with one attached hydrogen (secondary N) is 1. The molecule has 0 bridgehead atoms. The summed E-state index contributed by atoms with van der Waals surface area (Å²) in [4.78, 5) is 19.4. The summed E-state index contributed by atoms with van der Waals surface area (Å²) in [5.41, 5.74) is 2.04. The first-order valence-electron chi connectivity index (χ1n) is 7.35. The van der Waals surface area contributed by atoms with Gasteiger partial charge in [-0.05, 0) is 0 Å². The number of benzene rings is 1. The maximum Gasteiger partial charge on any atom is 0.223 e. The lowest BCUT2D eigenvalue weighted by Gasteiger charge is -2.26. The highest BCUT2D eigenvalue weighted by Gasteiger charge is 2.18. The smallest absolute Gasteiger partial charge is 0.223 e. The summed E-state index contributed by atoms with van der Waals surface area (Å²) in [6, 6.07) is 10.1. The standard InChI is InChI=1S/C16H19N3O2S/c1-12(20)17-16-18-15(13-5-3-2-4-6-13)14(22-16)11-19-7-9-21-10-8-19/h2-6H,7-11H2,1H3,(H,17,18,20). The minimum atomic E-state index is -0.0914. The number of hydrogen-bond donors (Lipinski definition) is 1. The molecule has 0 atom stereocenters. The molecule has 1 fully saturated rings. The van der Waals surface area contributed by atoms with Crippen LogP contribution in [-0.4, -0.2) is 42.1 Å². The molecule has 0 radical (unpaired) electrons. The van der Waals surface area contributed by atoms with E-state index in [0.717, 1.165) is 44.1 Å². The van der Waals surface area contributed by atoms with Crippen molar-refractivity contribution in [3.8, 4) is 11.3 Å². The van der Waals surface area contributed by atoms with Gasteiger partial charge in [0.25, 0.3) is 0 Å². The molecule has 0 unspecified atom stereocenters. The molecule has 1 amide bonds. The Bertz CT molecular complexity index is 636. The van der Waals surface area contributed by atoms with E-state index in [4.69, 9.17) is 4.74 Å². The zero-order valence-corrected chi connectivity index (χ0v) is 13.4. The second kappa shape index (κ2) is 7.00. The zero-order valence-electron chi connectivity index (χ0n) is 12.5. The molecule has 0 spiro atoms. The maximum atomic E-state index is 11.3. The molecule has 2 heterocycles. The quantitative estimate of drug-likeness (QED) is 0.942. The molecule has 1 N–H and O–H groups in total. The highest BCUT2D eigenvalue weighted by atomic mass is 32.1. The number of aromatic nitrogens is 1. The van der Waals surface area contributed by atoms with E-state index in [-0.39, 0.29) is 5.91 Å². The van der Waals surface area contributed by atoms with E-state index in [1.807, 2.05) is 18.2 Å². The van der Waals surface area contributed by atoms with Crippen LogP contribution >= 0.6 is 11.3 Å². The third kappa shape index (κ3) is 3.71. The van der Waals surface area contributed by atoms with Crippen molar-refractivity contribution >= 4 is 22.4 Å². The normalized spacial score (nSPS) is 15.7. The molecular formula is C16H19N3O2S. The van der Waals surface area contributed by atoms with Crippen molar-refractivity contribution in [1.82, 2.24) is 9.88 Å². The fourth-order valence-corrected chi connectivity index (χ4v) is 3.52. The van der Waals surface area contributed by atoms with Gasteiger partial charge in [-0.15, -0.1) is 0 Å². The van der Waals surface area contributed by atoms with E-state index in [9.17, 15) is 4.79 Å². The van der Waals surface area contributed by atoms with Gasteiger partial charge in [0.15, 0.2) is 5.13 Å². The SMILES string of the molecule is CC(=O)Nc1nc(-c2ccccc2)c(CN2CCOCC2)s1. The van der Waals surface area contributed by atoms with Gasteiger partial charge in [-0.1, -0.05) is 41.7 Å². The third-order valence-corrected chi connectivity index (χ3v) is 4.45. The van der Waals surface area contributed by atoms with Crippen LogP contribution in [0.3, 0.4) is 0 Å². The van der Waals surface area contributed by atoms with Gasteiger partial charge in [0.1, 0.15) is 0 Å². The van der Waals surface area contributed by atoms with Gasteiger partial charge in [0.05, 0.1) is 18.9 Å². The second-order valence-corrected chi connectivity index (χ2v) is 6.31. The molecule has 1 saturated heterocycles. The average Bonchev–Trinajstić information content (AvgIpc) is 2.91. The summed E-state index contributed by atoms with van der Waals surface area (Å²) in [5, 5.41) is 3.46. The van der Waals surface area contributed by atoms with Gasteiger partial charge in [0, 0.05) is 37.0 Å². The lowest BCUT2D eigenvalue weighted by Crippen LogP contribution is -2.35. The molecule has 1 aromatic carbocycles. The number of morpholine rings is 1. The molecular weight excluding hydrogens is 298 g/mol. The van der Waals surface area contributed by atoms with Crippen LogP contribution < -0.4 is 5.32 Å². The van der Waals surface area contributed by atoms with E-state index in [1.54, 1.807) is 11.3 Å². The Labute approximate surface area is 133 Å². The summed E-state index contributed by atoms with van der Waals surface area (Å²) >= 11 is 1.55. The van der Waals surface area contributed by atoms with Crippen LogP contribution in [-0.2, 0) is 16.1 Å². The first kappa shape index (κ1) is 15.1. The lowest BCUT2D eigenvalue weighted by atomic mass is 10.1. The summed E-state index contributed by atoms with van der Waals surface area (Å²) in [6.45, 7) is 5.76. The van der Waals surface area contributed by atoms with E-state index < -0.39 is 0 Å². The summed E-state index contributed by atoms with van der Waals surface area (Å²) in [7, 11) is 0. The Morgan fingerprint density at radius 3 is 2.73 bits per heavy atom. The van der Waals surface area contributed by atoms with Crippen LogP contribution in [0.5, 0.6) is 0 Å². The van der Waals surface area contributed by atoms with Gasteiger partial charge >= 0.3 is 0 Å². The lowest BCUT2D eigenvalue weighted by molar-refractivity contribution is -0.114. The van der Waals surface area contributed by atoms with Gasteiger partial charge in [-0.25, -0.2) is 4.98 Å².